The minimum absolute atomic E-state index is 0.266. The van der Waals surface area contributed by atoms with E-state index >= 15 is 0 Å². The van der Waals surface area contributed by atoms with E-state index in [0.29, 0.717) is 34.1 Å². The van der Waals surface area contributed by atoms with Crippen molar-refractivity contribution in [2.45, 2.75) is 17.5 Å². The molecule has 148 valence electrons. The van der Waals surface area contributed by atoms with Gasteiger partial charge in [-0.2, -0.15) is 0 Å². The number of halogens is 2. The number of benzene rings is 2. The largest absolute Gasteiger partial charge is 0.484 e. The molecule has 0 aliphatic carbocycles. The van der Waals surface area contributed by atoms with Crippen LogP contribution in [-0.2, 0) is 19.4 Å². The number of thioether (sulfide) groups is 1. The molecule has 7 nitrogen and oxygen atoms in total. The predicted octanol–water partition coefficient (Wildman–Crippen LogP) is 5.15. The molecule has 2 heterocycles. The highest BCUT2D eigenvalue weighted by atomic mass is 79.9. The van der Waals surface area contributed by atoms with E-state index in [1.165, 1.54) is 11.8 Å². The summed E-state index contributed by atoms with van der Waals surface area (Å²) < 4.78 is 14.3. The van der Waals surface area contributed by atoms with Gasteiger partial charge in [0.2, 0.25) is 11.8 Å². The van der Waals surface area contributed by atoms with Crippen LogP contribution in [0.1, 0.15) is 11.7 Å². The molecule has 0 saturated heterocycles. The Bertz CT molecular complexity index is 1120. The summed E-state index contributed by atoms with van der Waals surface area (Å²) in [4.78, 5) is 0. The fraction of sp³-hybridized carbons (Fsp3) is 0.158. The third kappa shape index (κ3) is 4.80. The van der Waals surface area contributed by atoms with Crippen LogP contribution in [0.5, 0.6) is 5.75 Å². The van der Waals surface area contributed by atoms with Gasteiger partial charge in [-0.1, -0.05) is 51.4 Å². The third-order valence-corrected chi connectivity index (χ3v) is 5.85. The van der Waals surface area contributed by atoms with Gasteiger partial charge in [0.25, 0.3) is 0 Å². The van der Waals surface area contributed by atoms with E-state index in [-0.39, 0.29) is 6.61 Å². The van der Waals surface area contributed by atoms with E-state index < -0.39 is 0 Å². The van der Waals surface area contributed by atoms with Gasteiger partial charge >= 0.3 is 0 Å². The van der Waals surface area contributed by atoms with Crippen molar-refractivity contribution in [1.29, 1.82) is 0 Å². The molecule has 0 aliphatic rings. The molecule has 0 amide bonds. The van der Waals surface area contributed by atoms with Crippen molar-refractivity contribution >= 4 is 39.3 Å². The van der Waals surface area contributed by atoms with Crippen LogP contribution in [0.2, 0.25) is 5.02 Å². The number of para-hydroxylation sites is 1. The minimum atomic E-state index is 0.266. The standard InChI is InChI=1S/C19H15BrClN5O2S/c1-26-16(10-27-15-5-3-2-4-14(15)21)22-25-19(26)29-11-17-23-24-18(28-17)12-6-8-13(20)9-7-12/h2-9H,10-11H2,1H3. The lowest BCUT2D eigenvalue weighted by Crippen LogP contribution is -2.04. The van der Waals surface area contributed by atoms with Gasteiger partial charge in [-0.05, 0) is 36.4 Å². The number of nitrogens with zero attached hydrogens (tertiary/aromatic N) is 5. The fourth-order valence-corrected chi connectivity index (χ4v) is 3.67. The first-order chi connectivity index (χ1) is 14.1. The molecule has 0 N–H and O–H groups in total. The van der Waals surface area contributed by atoms with Crippen LogP contribution in [0.25, 0.3) is 11.5 Å². The average Bonchev–Trinajstić information content (AvgIpc) is 3.33. The second kappa shape index (κ2) is 8.98. The normalized spacial score (nSPS) is 11.0. The third-order valence-electron chi connectivity index (χ3n) is 4.00. The van der Waals surface area contributed by atoms with Gasteiger partial charge in [0.05, 0.1) is 10.8 Å². The van der Waals surface area contributed by atoms with Gasteiger partial charge in [-0.15, -0.1) is 20.4 Å². The zero-order chi connectivity index (χ0) is 20.2. The molecule has 0 saturated carbocycles. The van der Waals surface area contributed by atoms with E-state index in [4.69, 9.17) is 20.8 Å². The number of ether oxygens (including phenoxy) is 1. The van der Waals surface area contributed by atoms with Crippen molar-refractivity contribution in [3.63, 3.8) is 0 Å². The molecule has 10 heteroatoms. The summed E-state index contributed by atoms with van der Waals surface area (Å²) in [6.07, 6.45) is 0. The number of rotatable bonds is 7. The summed E-state index contributed by atoms with van der Waals surface area (Å²) in [7, 11) is 1.88. The van der Waals surface area contributed by atoms with Gasteiger partial charge in [0.15, 0.2) is 11.0 Å². The minimum Gasteiger partial charge on any atom is -0.484 e. The Hall–Kier alpha value is -2.36. The highest BCUT2D eigenvalue weighted by molar-refractivity contribution is 9.10. The molecular weight excluding hydrogens is 478 g/mol. The van der Waals surface area contributed by atoms with Crippen LogP contribution in [0.3, 0.4) is 0 Å². The van der Waals surface area contributed by atoms with Crippen LogP contribution < -0.4 is 4.74 Å². The fourth-order valence-electron chi connectivity index (χ4n) is 2.45. The Morgan fingerprint density at radius 3 is 2.66 bits per heavy atom. The molecule has 0 radical (unpaired) electrons. The first kappa shape index (κ1) is 19.9. The Kier molecular flexibility index (Phi) is 6.17. The summed E-state index contributed by atoms with van der Waals surface area (Å²) in [5.74, 6) is 2.79. The molecule has 0 atom stereocenters. The topological polar surface area (TPSA) is 78.9 Å². The SMILES string of the molecule is Cn1c(COc2ccccc2Cl)nnc1SCc1nnc(-c2ccc(Br)cc2)o1. The quantitative estimate of drug-likeness (QED) is 0.330. The van der Waals surface area contributed by atoms with Crippen LogP contribution in [-0.4, -0.2) is 25.0 Å². The van der Waals surface area contributed by atoms with E-state index in [0.717, 1.165) is 15.2 Å². The number of aromatic nitrogens is 5. The zero-order valence-corrected chi connectivity index (χ0v) is 18.4. The second-order valence-electron chi connectivity index (χ2n) is 5.97. The molecule has 4 aromatic rings. The molecule has 0 spiro atoms. The first-order valence-corrected chi connectivity index (χ1v) is 10.7. The van der Waals surface area contributed by atoms with Crippen LogP contribution >= 0.6 is 39.3 Å². The van der Waals surface area contributed by atoms with Crippen molar-refractivity contribution in [2.24, 2.45) is 7.05 Å². The smallest absolute Gasteiger partial charge is 0.247 e. The van der Waals surface area contributed by atoms with E-state index in [1.807, 2.05) is 54.1 Å². The van der Waals surface area contributed by atoms with Gasteiger partial charge in [0, 0.05) is 17.1 Å². The van der Waals surface area contributed by atoms with Crippen molar-refractivity contribution < 1.29 is 9.15 Å². The van der Waals surface area contributed by atoms with E-state index in [2.05, 4.69) is 36.3 Å². The van der Waals surface area contributed by atoms with Crippen molar-refractivity contribution in [1.82, 2.24) is 25.0 Å². The van der Waals surface area contributed by atoms with Crippen LogP contribution in [0, 0.1) is 0 Å². The summed E-state index contributed by atoms with van der Waals surface area (Å²) >= 11 is 11.0. The molecule has 0 bridgehead atoms. The zero-order valence-electron chi connectivity index (χ0n) is 15.2. The molecule has 2 aromatic carbocycles. The molecule has 2 aromatic heterocycles. The van der Waals surface area contributed by atoms with Gasteiger partial charge < -0.3 is 13.7 Å². The lowest BCUT2D eigenvalue weighted by atomic mass is 10.2. The summed E-state index contributed by atoms with van der Waals surface area (Å²) in [6, 6.07) is 15.0. The Morgan fingerprint density at radius 2 is 1.86 bits per heavy atom. The molecular formula is C19H15BrClN5O2S. The molecule has 4 rings (SSSR count). The van der Waals surface area contributed by atoms with Crippen LogP contribution in [0.4, 0.5) is 0 Å². The summed E-state index contributed by atoms with van der Waals surface area (Å²) in [5, 5.41) is 17.9. The highest BCUT2D eigenvalue weighted by Gasteiger charge is 2.14. The predicted molar refractivity (Wildman–Crippen MR) is 114 cm³/mol. The maximum absolute atomic E-state index is 6.11. The van der Waals surface area contributed by atoms with Crippen LogP contribution in [0.15, 0.2) is 62.6 Å². The molecule has 0 unspecified atom stereocenters. The lowest BCUT2D eigenvalue weighted by molar-refractivity contribution is 0.290. The van der Waals surface area contributed by atoms with Gasteiger partial charge in [0.1, 0.15) is 12.4 Å². The number of hydrogen-bond acceptors (Lipinski definition) is 7. The second-order valence-corrected chi connectivity index (χ2v) is 8.24. The lowest BCUT2D eigenvalue weighted by Gasteiger charge is -2.07. The van der Waals surface area contributed by atoms with Crippen molar-refractivity contribution in [3.8, 4) is 17.2 Å². The average molecular weight is 493 g/mol. The Morgan fingerprint density at radius 1 is 1.07 bits per heavy atom. The Labute approximate surface area is 184 Å². The van der Waals surface area contributed by atoms with Crippen molar-refractivity contribution in [2.75, 3.05) is 0 Å². The van der Waals surface area contributed by atoms with E-state index in [1.54, 1.807) is 6.07 Å². The molecule has 0 fully saturated rings. The summed E-state index contributed by atoms with van der Waals surface area (Å²) in [6.45, 7) is 0.266. The van der Waals surface area contributed by atoms with Gasteiger partial charge in [-0.25, -0.2) is 0 Å². The van der Waals surface area contributed by atoms with Gasteiger partial charge in [-0.3, -0.25) is 0 Å². The monoisotopic (exact) mass is 491 g/mol. The maximum atomic E-state index is 6.11. The first-order valence-electron chi connectivity index (χ1n) is 8.57. The number of hydrogen-bond donors (Lipinski definition) is 0. The van der Waals surface area contributed by atoms with Crippen molar-refractivity contribution in [3.05, 3.63) is 69.7 Å². The Balaban J connectivity index is 1.37. The molecule has 29 heavy (non-hydrogen) atoms. The summed E-state index contributed by atoms with van der Waals surface area (Å²) in [5.41, 5.74) is 0.870. The van der Waals surface area contributed by atoms with E-state index in [9.17, 15) is 0 Å². The maximum Gasteiger partial charge on any atom is 0.247 e. The molecule has 0 aliphatic heterocycles. The highest BCUT2D eigenvalue weighted by Crippen LogP contribution is 2.26.